The maximum atomic E-state index is 3.55. The highest BCUT2D eigenvalue weighted by Gasteiger charge is 2.43. The minimum atomic E-state index is 0.577. The highest BCUT2D eigenvalue weighted by Crippen LogP contribution is 2.39. The Morgan fingerprint density at radius 2 is 2.05 bits per heavy atom. The molecule has 1 N–H and O–H groups in total. The lowest BCUT2D eigenvalue weighted by atomic mass is 9.95. The van der Waals surface area contributed by atoms with Gasteiger partial charge < -0.3 is 5.32 Å². The summed E-state index contributed by atoms with van der Waals surface area (Å²) in [5.41, 5.74) is 1.46. The molecule has 3 rings (SSSR count). The molecule has 1 aromatic rings. The van der Waals surface area contributed by atoms with Crippen LogP contribution < -0.4 is 5.32 Å². The average molecular weight is 323 g/mol. The zero-order valence-electron chi connectivity index (χ0n) is 11.8. The Kier molecular flexibility index (Phi) is 3.97. The molecule has 2 aliphatic rings. The van der Waals surface area contributed by atoms with Crippen LogP contribution in [0, 0.1) is 11.8 Å². The van der Waals surface area contributed by atoms with Crippen molar-refractivity contribution < 1.29 is 0 Å². The van der Waals surface area contributed by atoms with Crippen molar-refractivity contribution in [2.75, 3.05) is 19.6 Å². The van der Waals surface area contributed by atoms with Crippen LogP contribution in [0.4, 0.5) is 0 Å². The summed E-state index contributed by atoms with van der Waals surface area (Å²) in [6, 6.07) is 10.2. The molecule has 0 aromatic heterocycles. The van der Waals surface area contributed by atoms with Crippen molar-refractivity contribution in [2.45, 2.75) is 32.4 Å². The lowest BCUT2D eigenvalue weighted by Crippen LogP contribution is -2.36. The first kappa shape index (κ1) is 13.6. The minimum absolute atomic E-state index is 0.577. The van der Waals surface area contributed by atoms with E-state index < -0.39 is 0 Å². The van der Waals surface area contributed by atoms with Gasteiger partial charge in [-0.1, -0.05) is 35.0 Å². The Morgan fingerprint density at radius 3 is 2.68 bits per heavy atom. The zero-order valence-corrected chi connectivity index (χ0v) is 13.4. The fourth-order valence-electron chi connectivity index (χ4n) is 3.96. The second-order valence-electron chi connectivity index (χ2n) is 6.00. The topological polar surface area (TPSA) is 15.3 Å². The molecule has 3 heteroatoms. The van der Waals surface area contributed by atoms with Crippen LogP contribution in [-0.2, 0) is 0 Å². The van der Waals surface area contributed by atoms with Crippen LogP contribution in [-0.4, -0.2) is 30.6 Å². The Balaban J connectivity index is 1.81. The molecule has 4 unspecified atom stereocenters. The van der Waals surface area contributed by atoms with Crippen molar-refractivity contribution in [3.63, 3.8) is 0 Å². The number of hydrogen-bond donors (Lipinski definition) is 1. The van der Waals surface area contributed by atoms with Crippen LogP contribution in [0.2, 0.25) is 0 Å². The molecule has 19 heavy (non-hydrogen) atoms. The van der Waals surface area contributed by atoms with E-state index in [0.29, 0.717) is 12.1 Å². The fraction of sp³-hybridized carbons (Fsp3) is 0.625. The van der Waals surface area contributed by atoms with E-state index in [0.717, 1.165) is 11.8 Å². The van der Waals surface area contributed by atoms with Gasteiger partial charge in [0.05, 0.1) is 0 Å². The molecule has 0 saturated carbocycles. The van der Waals surface area contributed by atoms with Crippen LogP contribution in [0.15, 0.2) is 28.7 Å². The molecule has 2 heterocycles. The molecule has 0 aliphatic carbocycles. The predicted octanol–water partition coefficient (Wildman–Crippen LogP) is 3.44. The summed E-state index contributed by atoms with van der Waals surface area (Å²) < 4.78 is 1.17. The van der Waals surface area contributed by atoms with E-state index in [2.05, 4.69) is 64.3 Å². The SMILES string of the molecule is CCC(c1ccc(Br)cc1)N1CC2CNCC2C1C. The maximum Gasteiger partial charge on any atom is 0.0348 e. The number of rotatable bonds is 3. The van der Waals surface area contributed by atoms with Gasteiger partial charge in [-0.3, -0.25) is 4.90 Å². The van der Waals surface area contributed by atoms with Crippen molar-refractivity contribution in [3.05, 3.63) is 34.3 Å². The summed E-state index contributed by atoms with van der Waals surface area (Å²) in [4.78, 5) is 2.74. The predicted molar refractivity (Wildman–Crippen MR) is 83.2 cm³/mol. The molecule has 4 atom stereocenters. The second-order valence-corrected chi connectivity index (χ2v) is 6.91. The number of fused-ring (bicyclic) bond motifs is 1. The highest BCUT2D eigenvalue weighted by atomic mass is 79.9. The molecule has 2 aliphatic heterocycles. The lowest BCUT2D eigenvalue weighted by molar-refractivity contribution is 0.166. The minimum Gasteiger partial charge on any atom is -0.316 e. The third-order valence-corrected chi connectivity index (χ3v) is 5.55. The third-order valence-electron chi connectivity index (χ3n) is 5.02. The fourth-order valence-corrected chi connectivity index (χ4v) is 4.22. The summed E-state index contributed by atoms with van der Waals surface area (Å²) in [5.74, 6) is 1.71. The normalized spacial score (nSPS) is 32.5. The standard InChI is InChI=1S/C16H23BrN2/c1-3-16(12-4-6-14(17)7-5-12)19-10-13-8-18-9-15(13)11(19)2/h4-7,11,13,15-16,18H,3,8-10H2,1-2H3. The highest BCUT2D eigenvalue weighted by molar-refractivity contribution is 9.10. The van der Waals surface area contributed by atoms with Crippen LogP contribution in [0.1, 0.15) is 31.9 Å². The van der Waals surface area contributed by atoms with E-state index in [9.17, 15) is 0 Å². The van der Waals surface area contributed by atoms with E-state index >= 15 is 0 Å². The van der Waals surface area contributed by atoms with Gasteiger partial charge in [0.2, 0.25) is 0 Å². The molecule has 2 saturated heterocycles. The number of hydrogen-bond acceptors (Lipinski definition) is 2. The summed E-state index contributed by atoms with van der Waals surface area (Å²) in [7, 11) is 0. The maximum absolute atomic E-state index is 3.55. The van der Waals surface area contributed by atoms with Crippen molar-refractivity contribution in [1.82, 2.24) is 10.2 Å². The molecule has 0 spiro atoms. The van der Waals surface area contributed by atoms with E-state index in [-0.39, 0.29) is 0 Å². The number of nitrogens with zero attached hydrogens (tertiary/aromatic N) is 1. The summed E-state index contributed by atoms with van der Waals surface area (Å²) in [6.07, 6.45) is 1.19. The molecule has 104 valence electrons. The van der Waals surface area contributed by atoms with E-state index in [4.69, 9.17) is 0 Å². The summed E-state index contributed by atoms with van der Waals surface area (Å²) >= 11 is 3.53. The monoisotopic (exact) mass is 322 g/mol. The van der Waals surface area contributed by atoms with Gasteiger partial charge in [0.25, 0.3) is 0 Å². The van der Waals surface area contributed by atoms with Gasteiger partial charge in [0.1, 0.15) is 0 Å². The van der Waals surface area contributed by atoms with E-state index in [1.807, 2.05) is 0 Å². The van der Waals surface area contributed by atoms with E-state index in [1.54, 1.807) is 0 Å². The van der Waals surface area contributed by atoms with Crippen molar-refractivity contribution in [2.24, 2.45) is 11.8 Å². The number of likely N-dealkylation sites (tertiary alicyclic amines) is 1. The van der Waals surface area contributed by atoms with Gasteiger partial charge in [-0.25, -0.2) is 0 Å². The van der Waals surface area contributed by atoms with Crippen LogP contribution in [0.5, 0.6) is 0 Å². The summed E-state index contributed by atoms with van der Waals surface area (Å²) in [5, 5.41) is 3.55. The molecular formula is C16H23BrN2. The largest absolute Gasteiger partial charge is 0.316 e. The van der Waals surface area contributed by atoms with Gasteiger partial charge in [-0.2, -0.15) is 0 Å². The second kappa shape index (κ2) is 5.55. The molecule has 0 amide bonds. The zero-order chi connectivity index (χ0) is 13.4. The first-order chi connectivity index (χ1) is 9.20. The Hall–Kier alpha value is -0.380. The van der Waals surface area contributed by atoms with Crippen LogP contribution >= 0.6 is 15.9 Å². The van der Waals surface area contributed by atoms with Gasteiger partial charge in [-0.15, -0.1) is 0 Å². The average Bonchev–Trinajstić information content (AvgIpc) is 2.97. The Bertz CT molecular complexity index is 431. The molecule has 1 aromatic carbocycles. The molecule has 2 fully saturated rings. The van der Waals surface area contributed by atoms with Crippen molar-refractivity contribution in [3.8, 4) is 0 Å². The molecule has 2 nitrogen and oxygen atoms in total. The molecule has 0 radical (unpaired) electrons. The third kappa shape index (κ3) is 2.48. The van der Waals surface area contributed by atoms with Gasteiger partial charge >= 0.3 is 0 Å². The van der Waals surface area contributed by atoms with Crippen molar-refractivity contribution in [1.29, 1.82) is 0 Å². The first-order valence-corrected chi connectivity index (χ1v) is 8.22. The van der Waals surface area contributed by atoms with E-state index in [1.165, 1.54) is 36.1 Å². The van der Waals surface area contributed by atoms with Gasteiger partial charge in [-0.05, 0) is 56.0 Å². The van der Waals surface area contributed by atoms with Gasteiger partial charge in [0, 0.05) is 23.1 Å². The number of benzene rings is 1. The summed E-state index contributed by atoms with van der Waals surface area (Å²) in [6.45, 7) is 8.40. The lowest BCUT2D eigenvalue weighted by Gasteiger charge is -2.33. The van der Waals surface area contributed by atoms with Gasteiger partial charge in [0.15, 0.2) is 0 Å². The first-order valence-electron chi connectivity index (χ1n) is 7.42. The Labute approximate surface area is 124 Å². The van der Waals surface area contributed by atoms with Crippen LogP contribution in [0.25, 0.3) is 0 Å². The smallest absolute Gasteiger partial charge is 0.0348 e. The molecular weight excluding hydrogens is 300 g/mol. The van der Waals surface area contributed by atoms with Crippen molar-refractivity contribution >= 4 is 15.9 Å². The number of nitrogens with one attached hydrogen (secondary N) is 1. The quantitative estimate of drug-likeness (QED) is 0.917. The van der Waals surface area contributed by atoms with Crippen LogP contribution in [0.3, 0.4) is 0 Å². The molecule has 0 bridgehead atoms. The number of halogens is 1. The Morgan fingerprint density at radius 1 is 1.32 bits per heavy atom.